The quantitative estimate of drug-likeness (QED) is 0.602. The molecule has 2 aromatic rings. The number of carboxylic acids is 2. The van der Waals surface area contributed by atoms with Crippen molar-refractivity contribution in [2.24, 2.45) is 23.5 Å². The van der Waals surface area contributed by atoms with Crippen LogP contribution < -0.4 is 10.5 Å². The first-order chi connectivity index (χ1) is 14.4. The first-order valence-corrected chi connectivity index (χ1v) is 10.5. The molecule has 0 spiro atoms. The Balaban J connectivity index is 1.72. The summed E-state index contributed by atoms with van der Waals surface area (Å²) in [5, 5.41) is 19.9. The Labute approximate surface area is 175 Å². The van der Waals surface area contributed by atoms with E-state index in [0.29, 0.717) is 17.9 Å². The number of para-hydroxylation sites is 2. The molecular formula is C24H27NO5. The van der Waals surface area contributed by atoms with E-state index in [1.165, 1.54) is 0 Å². The molecule has 0 aromatic heterocycles. The Hall–Kier alpha value is -2.86. The van der Waals surface area contributed by atoms with Crippen molar-refractivity contribution in [2.45, 2.75) is 44.1 Å². The second-order valence-electron chi connectivity index (χ2n) is 8.48. The van der Waals surface area contributed by atoms with Crippen molar-refractivity contribution in [2.75, 3.05) is 0 Å². The second kappa shape index (κ2) is 7.76. The highest BCUT2D eigenvalue weighted by Crippen LogP contribution is 2.58. The summed E-state index contributed by atoms with van der Waals surface area (Å²) in [6, 6.07) is 15.1. The lowest BCUT2D eigenvalue weighted by Gasteiger charge is -2.34. The van der Waals surface area contributed by atoms with Crippen molar-refractivity contribution >= 4 is 11.9 Å². The molecule has 0 amide bonds. The van der Waals surface area contributed by atoms with E-state index in [0.717, 1.165) is 24.0 Å². The fourth-order valence-electron chi connectivity index (χ4n) is 5.14. The van der Waals surface area contributed by atoms with Gasteiger partial charge in [0.15, 0.2) is 0 Å². The molecule has 30 heavy (non-hydrogen) atoms. The lowest BCUT2D eigenvalue weighted by atomic mass is 9.75. The maximum absolute atomic E-state index is 12.4. The van der Waals surface area contributed by atoms with Crippen molar-refractivity contribution in [3.8, 4) is 11.5 Å². The van der Waals surface area contributed by atoms with Crippen LogP contribution in [0.4, 0.5) is 0 Å². The van der Waals surface area contributed by atoms with Crippen LogP contribution in [0.15, 0.2) is 48.5 Å². The van der Waals surface area contributed by atoms with Gasteiger partial charge in [-0.05, 0) is 30.9 Å². The Morgan fingerprint density at radius 2 is 1.60 bits per heavy atom. The van der Waals surface area contributed by atoms with Crippen molar-refractivity contribution in [1.82, 2.24) is 0 Å². The highest BCUT2D eigenvalue weighted by molar-refractivity contribution is 5.84. The van der Waals surface area contributed by atoms with Crippen LogP contribution in [0, 0.1) is 17.8 Å². The monoisotopic (exact) mass is 409 g/mol. The molecule has 6 heteroatoms. The first-order valence-electron chi connectivity index (χ1n) is 10.5. The summed E-state index contributed by atoms with van der Waals surface area (Å²) in [6.07, 6.45) is 2.60. The molecule has 4 atom stereocenters. The SMILES string of the molecule is CCCC[C@H]1C(C(N)(CC2c3ccccc3Oc3ccccc32)C(=O)O)[C@H]1C(=O)O. The van der Waals surface area contributed by atoms with Gasteiger partial charge in [0.05, 0.1) is 5.92 Å². The number of benzene rings is 2. The van der Waals surface area contributed by atoms with Crippen LogP contribution >= 0.6 is 0 Å². The number of unbranched alkanes of at least 4 members (excludes halogenated alkanes) is 1. The average molecular weight is 409 g/mol. The molecule has 1 aliphatic carbocycles. The average Bonchev–Trinajstić information content (AvgIpc) is 3.47. The minimum absolute atomic E-state index is 0.122. The molecule has 2 unspecified atom stereocenters. The van der Waals surface area contributed by atoms with E-state index in [-0.39, 0.29) is 18.3 Å². The summed E-state index contributed by atoms with van der Waals surface area (Å²) >= 11 is 0. The maximum atomic E-state index is 12.4. The van der Waals surface area contributed by atoms with Crippen molar-refractivity contribution in [1.29, 1.82) is 0 Å². The third-order valence-electron chi connectivity index (χ3n) is 6.69. The van der Waals surface area contributed by atoms with Gasteiger partial charge in [0.1, 0.15) is 17.0 Å². The largest absolute Gasteiger partial charge is 0.481 e. The number of nitrogens with two attached hydrogens (primary N) is 1. The van der Waals surface area contributed by atoms with Crippen molar-refractivity contribution < 1.29 is 24.5 Å². The van der Waals surface area contributed by atoms with Gasteiger partial charge in [0.2, 0.25) is 0 Å². The number of rotatable bonds is 8. The predicted octanol–water partition coefficient (Wildman–Crippen LogP) is 4.23. The van der Waals surface area contributed by atoms with E-state index in [4.69, 9.17) is 10.5 Å². The van der Waals surface area contributed by atoms with Crippen LogP contribution in [0.2, 0.25) is 0 Å². The van der Waals surface area contributed by atoms with Crippen LogP contribution in [-0.4, -0.2) is 27.7 Å². The van der Waals surface area contributed by atoms with E-state index >= 15 is 0 Å². The van der Waals surface area contributed by atoms with E-state index in [9.17, 15) is 19.8 Å². The predicted molar refractivity (Wildman–Crippen MR) is 112 cm³/mol. The summed E-state index contributed by atoms with van der Waals surface area (Å²) in [5.41, 5.74) is 6.70. The highest BCUT2D eigenvalue weighted by Gasteiger charge is 2.66. The van der Waals surface area contributed by atoms with Gasteiger partial charge in [0.25, 0.3) is 0 Å². The summed E-state index contributed by atoms with van der Waals surface area (Å²) < 4.78 is 6.01. The molecule has 1 saturated carbocycles. The molecule has 4 N–H and O–H groups in total. The molecule has 0 saturated heterocycles. The van der Waals surface area contributed by atoms with Gasteiger partial charge in [-0.15, -0.1) is 0 Å². The van der Waals surface area contributed by atoms with E-state index in [1.54, 1.807) is 0 Å². The molecule has 158 valence electrons. The minimum atomic E-state index is -1.64. The third-order valence-corrected chi connectivity index (χ3v) is 6.69. The molecule has 1 heterocycles. The molecule has 0 radical (unpaired) electrons. The Morgan fingerprint density at radius 3 is 2.10 bits per heavy atom. The van der Waals surface area contributed by atoms with Crippen LogP contribution in [0.3, 0.4) is 0 Å². The smallest absolute Gasteiger partial charge is 0.324 e. The molecule has 6 nitrogen and oxygen atoms in total. The van der Waals surface area contributed by atoms with E-state index in [2.05, 4.69) is 0 Å². The maximum Gasteiger partial charge on any atom is 0.324 e. The number of ether oxygens (including phenoxy) is 1. The Kier molecular flexibility index (Phi) is 5.28. The molecular weight excluding hydrogens is 382 g/mol. The van der Waals surface area contributed by atoms with Gasteiger partial charge < -0.3 is 20.7 Å². The normalized spacial score (nSPS) is 24.1. The number of aliphatic carboxylic acids is 2. The van der Waals surface area contributed by atoms with Crippen LogP contribution in [0.25, 0.3) is 0 Å². The summed E-state index contributed by atoms with van der Waals surface area (Å²) in [6.45, 7) is 2.04. The number of hydrogen-bond acceptors (Lipinski definition) is 4. The first kappa shape index (κ1) is 20.4. The van der Waals surface area contributed by atoms with E-state index in [1.807, 2.05) is 55.5 Å². The second-order valence-corrected chi connectivity index (χ2v) is 8.48. The number of carboxylic acid groups (broad SMARTS) is 2. The summed E-state index contributed by atoms with van der Waals surface area (Å²) in [7, 11) is 0. The topological polar surface area (TPSA) is 110 Å². The summed E-state index contributed by atoms with van der Waals surface area (Å²) in [4.78, 5) is 24.3. The fraction of sp³-hybridized carbons (Fsp3) is 0.417. The lowest BCUT2D eigenvalue weighted by Crippen LogP contribution is -2.52. The van der Waals surface area contributed by atoms with Crippen LogP contribution in [0.1, 0.15) is 49.7 Å². The zero-order valence-corrected chi connectivity index (χ0v) is 17.0. The number of hydrogen-bond donors (Lipinski definition) is 3. The standard InChI is InChI=1S/C24H27NO5/c1-2-3-8-16-20(22(26)27)21(16)24(25,23(28)29)13-17-14-9-4-6-11-18(14)30-19-12-7-5-10-15(17)19/h4-7,9-12,16-17,20-21H,2-3,8,13,25H2,1H3,(H,26,27)(H,28,29)/t16-,20+,21?,24?/m1/s1. The summed E-state index contributed by atoms with van der Waals surface area (Å²) in [5.74, 6) is -2.50. The molecule has 4 rings (SSSR count). The Bertz CT molecular complexity index is 928. The van der Waals surface area contributed by atoms with Crippen molar-refractivity contribution in [3.05, 3.63) is 59.7 Å². The van der Waals surface area contributed by atoms with Crippen LogP contribution in [0.5, 0.6) is 11.5 Å². The molecule has 2 aliphatic rings. The Morgan fingerprint density at radius 1 is 1.03 bits per heavy atom. The van der Waals surface area contributed by atoms with Gasteiger partial charge in [-0.2, -0.15) is 0 Å². The number of carbonyl (C=O) groups is 2. The van der Waals surface area contributed by atoms with Gasteiger partial charge in [0, 0.05) is 23.0 Å². The minimum Gasteiger partial charge on any atom is -0.481 e. The molecule has 1 fully saturated rings. The highest BCUT2D eigenvalue weighted by atomic mass is 16.5. The molecule has 1 aliphatic heterocycles. The third kappa shape index (κ3) is 3.35. The van der Waals surface area contributed by atoms with Crippen LogP contribution in [-0.2, 0) is 9.59 Å². The zero-order chi connectivity index (χ0) is 21.5. The van der Waals surface area contributed by atoms with Gasteiger partial charge in [-0.3, -0.25) is 9.59 Å². The van der Waals surface area contributed by atoms with E-state index < -0.39 is 29.3 Å². The van der Waals surface area contributed by atoms with Gasteiger partial charge in [-0.1, -0.05) is 56.2 Å². The number of fused-ring (bicyclic) bond motifs is 2. The van der Waals surface area contributed by atoms with Gasteiger partial charge in [-0.25, -0.2) is 0 Å². The van der Waals surface area contributed by atoms with Gasteiger partial charge >= 0.3 is 11.9 Å². The van der Waals surface area contributed by atoms with Crippen molar-refractivity contribution in [3.63, 3.8) is 0 Å². The molecule has 2 aromatic carbocycles. The lowest BCUT2D eigenvalue weighted by molar-refractivity contribution is -0.145. The zero-order valence-electron chi connectivity index (χ0n) is 17.0. The molecule has 0 bridgehead atoms. The fourth-order valence-corrected chi connectivity index (χ4v) is 5.14.